The molecule has 6 nitrogen and oxygen atoms in total. The third kappa shape index (κ3) is 5.14. The second-order valence-electron chi connectivity index (χ2n) is 7.71. The predicted molar refractivity (Wildman–Crippen MR) is 141 cm³/mol. The Morgan fingerprint density at radius 1 is 1.12 bits per heavy atom. The van der Waals surface area contributed by atoms with Gasteiger partial charge in [0, 0.05) is 21.0 Å². The summed E-state index contributed by atoms with van der Waals surface area (Å²) in [5.74, 6) is 0.182. The van der Waals surface area contributed by atoms with Crippen molar-refractivity contribution in [2.24, 2.45) is 5.10 Å². The average molecular weight is 604 g/mol. The lowest BCUT2D eigenvalue weighted by molar-refractivity contribution is 0.0733. The average Bonchev–Trinajstić information content (AvgIpc) is 2.80. The van der Waals surface area contributed by atoms with E-state index in [1.165, 1.54) is 10.9 Å². The van der Waals surface area contributed by atoms with Gasteiger partial charge in [0.1, 0.15) is 5.82 Å². The monoisotopic (exact) mass is 601 g/mol. The number of halogens is 3. The molecule has 0 atom stereocenters. The first-order valence-corrected chi connectivity index (χ1v) is 12.2. The SMILES string of the molecule is CC(C)c1nc2ccccc2c(=O)n1N=Cc1cc(Br)cc(Br)c1OC(=O)c1ccc(Cl)cc1. The molecule has 0 spiro atoms. The van der Waals surface area contributed by atoms with E-state index in [1.807, 2.05) is 19.9 Å². The van der Waals surface area contributed by atoms with Gasteiger partial charge in [0.25, 0.3) is 5.56 Å². The predicted octanol–water partition coefficient (Wildman–Crippen LogP) is 6.80. The summed E-state index contributed by atoms with van der Waals surface area (Å²) >= 11 is 12.8. The molecule has 1 heterocycles. The molecule has 4 aromatic rings. The molecule has 9 heteroatoms. The van der Waals surface area contributed by atoms with E-state index in [1.54, 1.807) is 54.6 Å². The van der Waals surface area contributed by atoms with Crippen molar-refractivity contribution in [1.29, 1.82) is 0 Å². The van der Waals surface area contributed by atoms with Crippen molar-refractivity contribution in [2.75, 3.05) is 0 Å². The molecule has 0 radical (unpaired) electrons. The van der Waals surface area contributed by atoms with Gasteiger partial charge in [-0.05, 0) is 64.5 Å². The number of para-hydroxylation sites is 1. The minimum Gasteiger partial charge on any atom is -0.421 e. The van der Waals surface area contributed by atoms with E-state index in [0.717, 1.165) is 4.47 Å². The quantitative estimate of drug-likeness (QED) is 0.143. The fourth-order valence-electron chi connectivity index (χ4n) is 3.27. The van der Waals surface area contributed by atoms with Crippen LogP contribution in [0.2, 0.25) is 5.02 Å². The highest BCUT2D eigenvalue weighted by Gasteiger charge is 2.17. The zero-order chi connectivity index (χ0) is 24.4. The van der Waals surface area contributed by atoms with Gasteiger partial charge in [-0.15, -0.1) is 0 Å². The van der Waals surface area contributed by atoms with Crippen LogP contribution in [0.1, 0.15) is 41.5 Å². The number of fused-ring (bicyclic) bond motifs is 1. The van der Waals surface area contributed by atoms with Crippen molar-refractivity contribution in [3.05, 3.63) is 102 Å². The van der Waals surface area contributed by atoms with Crippen LogP contribution < -0.4 is 10.3 Å². The Kier molecular flexibility index (Phi) is 7.30. The number of ether oxygens (including phenoxy) is 1. The van der Waals surface area contributed by atoms with Crippen LogP contribution in [0.15, 0.2) is 79.5 Å². The molecule has 0 bridgehead atoms. The molecule has 0 aliphatic rings. The van der Waals surface area contributed by atoms with Crippen LogP contribution in [0.5, 0.6) is 5.75 Å². The third-order valence-electron chi connectivity index (χ3n) is 4.92. The van der Waals surface area contributed by atoms with Gasteiger partial charge in [-0.1, -0.05) is 53.5 Å². The zero-order valence-corrected chi connectivity index (χ0v) is 22.1. The van der Waals surface area contributed by atoms with E-state index >= 15 is 0 Å². The van der Waals surface area contributed by atoms with Gasteiger partial charge >= 0.3 is 5.97 Å². The summed E-state index contributed by atoms with van der Waals surface area (Å²) in [6.07, 6.45) is 1.48. The Labute approximate surface area is 217 Å². The fourth-order valence-corrected chi connectivity index (χ4v) is 4.73. The number of hydrogen-bond donors (Lipinski definition) is 0. The second-order valence-corrected chi connectivity index (χ2v) is 9.91. The van der Waals surface area contributed by atoms with Crippen molar-refractivity contribution < 1.29 is 9.53 Å². The molecule has 0 saturated heterocycles. The highest BCUT2D eigenvalue weighted by molar-refractivity contribution is 9.11. The molecule has 0 aliphatic carbocycles. The van der Waals surface area contributed by atoms with Crippen LogP contribution in [-0.2, 0) is 0 Å². The first kappa shape index (κ1) is 24.3. The van der Waals surface area contributed by atoms with Crippen molar-refractivity contribution in [3.63, 3.8) is 0 Å². The number of benzene rings is 3. The molecule has 1 aromatic heterocycles. The molecular weight excluding hydrogens is 586 g/mol. The van der Waals surface area contributed by atoms with Crippen LogP contribution >= 0.6 is 43.5 Å². The highest BCUT2D eigenvalue weighted by atomic mass is 79.9. The largest absolute Gasteiger partial charge is 0.421 e. The van der Waals surface area contributed by atoms with E-state index < -0.39 is 5.97 Å². The standard InChI is InChI=1S/C25H18Br2ClN3O3/c1-14(2)23-30-21-6-4-3-5-19(21)24(32)31(23)29-13-16-11-17(26)12-20(27)22(16)34-25(33)15-7-9-18(28)10-8-15/h3-14H,1-2H3. The summed E-state index contributed by atoms with van der Waals surface area (Å²) in [5.41, 5.74) is 1.17. The molecule has 172 valence electrons. The van der Waals surface area contributed by atoms with Gasteiger partial charge in [-0.2, -0.15) is 9.78 Å². The lowest BCUT2D eigenvalue weighted by Crippen LogP contribution is -2.23. The van der Waals surface area contributed by atoms with Crippen LogP contribution in [0.25, 0.3) is 10.9 Å². The Morgan fingerprint density at radius 3 is 2.53 bits per heavy atom. The van der Waals surface area contributed by atoms with Gasteiger partial charge in [-0.25, -0.2) is 9.78 Å². The number of aromatic nitrogens is 2. The van der Waals surface area contributed by atoms with E-state index in [9.17, 15) is 9.59 Å². The Hall–Kier alpha value is -2.81. The van der Waals surface area contributed by atoms with Gasteiger partial charge in [0.15, 0.2) is 5.75 Å². The number of hydrogen-bond acceptors (Lipinski definition) is 5. The zero-order valence-electron chi connectivity index (χ0n) is 18.1. The summed E-state index contributed by atoms with van der Waals surface area (Å²) in [6, 6.07) is 17.0. The second kappa shape index (κ2) is 10.2. The summed E-state index contributed by atoms with van der Waals surface area (Å²) in [5, 5.41) is 5.43. The molecular formula is C25H18Br2ClN3O3. The third-order valence-corrected chi connectivity index (χ3v) is 6.22. The summed E-state index contributed by atoms with van der Waals surface area (Å²) < 4.78 is 8.24. The van der Waals surface area contributed by atoms with E-state index in [0.29, 0.717) is 37.3 Å². The van der Waals surface area contributed by atoms with Crippen LogP contribution in [-0.4, -0.2) is 21.8 Å². The summed E-state index contributed by atoms with van der Waals surface area (Å²) in [7, 11) is 0. The number of carbonyl (C=O) groups excluding carboxylic acids is 1. The maximum Gasteiger partial charge on any atom is 0.343 e. The molecule has 4 rings (SSSR count). The first-order chi connectivity index (χ1) is 16.2. The van der Waals surface area contributed by atoms with E-state index in [4.69, 9.17) is 16.3 Å². The molecule has 0 N–H and O–H groups in total. The molecule has 3 aromatic carbocycles. The van der Waals surface area contributed by atoms with Crippen LogP contribution in [0, 0.1) is 0 Å². The van der Waals surface area contributed by atoms with Crippen molar-refractivity contribution >= 4 is 66.5 Å². The molecule has 0 aliphatic heterocycles. The van der Waals surface area contributed by atoms with Gasteiger partial charge in [0.05, 0.1) is 27.2 Å². The van der Waals surface area contributed by atoms with Crippen LogP contribution in [0.3, 0.4) is 0 Å². The number of esters is 1. The van der Waals surface area contributed by atoms with Gasteiger partial charge in [0.2, 0.25) is 0 Å². The smallest absolute Gasteiger partial charge is 0.343 e. The van der Waals surface area contributed by atoms with Crippen molar-refractivity contribution in [1.82, 2.24) is 9.66 Å². The number of rotatable bonds is 5. The van der Waals surface area contributed by atoms with Gasteiger partial charge in [-0.3, -0.25) is 4.79 Å². The van der Waals surface area contributed by atoms with Crippen molar-refractivity contribution in [3.8, 4) is 5.75 Å². The minimum atomic E-state index is -0.554. The van der Waals surface area contributed by atoms with Gasteiger partial charge < -0.3 is 4.74 Å². The highest BCUT2D eigenvalue weighted by Crippen LogP contribution is 2.33. The lowest BCUT2D eigenvalue weighted by Gasteiger charge is -2.13. The van der Waals surface area contributed by atoms with Crippen molar-refractivity contribution in [2.45, 2.75) is 19.8 Å². The summed E-state index contributed by atoms with van der Waals surface area (Å²) in [6.45, 7) is 3.88. The topological polar surface area (TPSA) is 73.6 Å². The van der Waals surface area contributed by atoms with Crippen LogP contribution in [0.4, 0.5) is 0 Å². The fraction of sp³-hybridized carbons (Fsp3) is 0.120. The summed E-state index contributed by atoms with van der Waals surface area (Å²) in [4.78, 5) is 30.5. The number of carbonyl (C=O) groups is 1. The Bertz CT molecular complexity index is 1480. The normalized spacial score (nSPS) is 11.5. The maximum atomic E-state index is 13.2. The first-order valence-electron chi connectivity index (χ1n) is 10.3. The molecule has 0 unspecified atom stereocenters. The lowest BCUT2D eigenvalue weighted by atomic mass is 10.2. The van der Waals surface area contributed by atoms with E-state index in [2.05, 4.69) is 41.9 Å². The minimum absolute atomic E-state index is 0.0501. The Balaban J connectivity index is 1.78. The Morgan fingerprint density at radius 2 is 1.82 bits per heavy atom. The number of nitrogens with zero attached hydrogens (tertiary/aromatic N) is 3. The molecule has 0 saturated carbocycles. The molecule has 0 fully saturated rings. The van der Waals surface area contributed by atoms with E-state index in [-0.39, 0.29) is 17.2 Å². The maximum absolute atomic E-state index is 13.2. The molecule has 0 amide bonds. The molecule has 34 heavy (non-hydrogen) atoms.